The molecule has 1 rings (SSSR count). The first kappa shape index (κ1) is 15.5. The predicted octanol–water partition coefficient (Wildman–Crippen LogP) is 2.81. The third-order valence-corrected chi connectivity index (χ3v) is 3.27. The molecular weight excluding hydrogens is 266 g/mol. The fourth-order valence-corrected chi connectivity index (χ4v) is 2.33. The molecule has 0 saturated heterocycles. The zero-order valence-corrected chi connectivity index (χ0v) is 12.0. The molecule has 0 aliphatic heterocycles. The maximum atomic E-state index is 11.3. The zero-order chi connectivity index (χ0) is 14.6. The number of carbonyl (C=O) groups is 2. The topological polar surface area (TPSA) is 66.4 Å². The minimum Gasteiger partial charge on any atom is -0.481 e. The maximum absolute atomic E-state index is 11.3. The van der Waals surface area contributed by atoms with E-state index in [1.165, 1.54) is 6.92 Å². The van der Waals surface area contributed by atoms with Gasteiger partial charge >= 0.3 is 5.97 Å². The molecule has 2 N–H and O–H groups in total. The summed E-state index contributed by atoms with van der Waals surface area (Å²) in [6.45, 7) is 5.05. The lowest BCUT2D eigenvalue weighted by Crippen LogP contribution is -2.47. The van der Waals surface area contributed by atoms with Crippen molar-refractivity contribution in [3.8, 4) is 0 Å². The van der Waals surface area contributed by atoms with Gasteiger partial charge in [-0.15, -0.1) is 0 Å². The van der Waals surface area contributed by atoms with Crippen molar-refractivity contribution < 1.29 is 14.7 Å². The van der Waals surface area contributed by atoms with E-state index < -0.39 is 11.5 Å². The number of hydrogen-bond donors (Lipinski definition) is 2. The first-order valence-electron chi connectivity index (χ1n) is 5.98. The highest BCUT2D eigenvalue weighted by Crippen LogP contribution is 2.32. The molecule has 104 valence electrons. The predicted molar refractivity (Wildman–Crippen MR) is 74.3 cm³/mol. The largest absolute Gasteiger partial charge is 0.481 e. The van der Waals surface area contributed by atoms with E-state index in [9.17, 15) is 9.59 Å². The van der Waals surface area contributed by atoms with Gasteiger partial charge < -0.3 is 10.4 Å². The van der Waals surface area contributed by atoms with Gasteiger partial charge in [-0.3, -0.25) is 9.59 Å². The molecule has 0 radical (unpaired) electrons. The van der Waals surface area contributed by atoms with Crippen molar-refractivity contribution in [3.63, 3.8) is 0 Å². The number of carbonyl (C=O) groups excluding carboxylic acids is 1. The molecule has 1 amide bonds. The molecule has 1 unspecified atom stereocenters. The van der Waals surface area contributed by atoms with Crippen LogP contribution >= 0.6 is 11.6 Å². The highest BCUT2D eigenvalue weighted by Gasteiger charge is 2.33. The number of hydrogen-bond acceptors (Lipinski definition) is 2. The van der Waals surface area contributed by atoms with Crippen LogP contribution in [0.1, 0.15) is 38.7 Å². The van der Waals surface area contributed by atoms with E-state index in [4.69, 9.17) is 16.7 Å². The number of aliphatic carboxylic acids is 1. The van der Waals surface area contributed by atoms with Crippen LogP contribution in [0.3, 0.4) is 0 Å². The van der Waals surface area contributed by atoms with Gasteiger partial charge in [-0.2, -0.15) is 0 Å². The van der Waals surface area contributed by atoms with Gasteiger partial charge in [0.15, 0.2) is 0 Å². The summed E-state index contributed by atoms with van der Waals surface area (Å²) in [7, 11) is 0. The molecule has 0 heterocycles. The van der Waals surface area contributed by atoms with Crippen LogP contribution in [0.2, 0.25) is 5.02 Å². The Labute approximate surface area is 117 Å². The number of nitrogens with one attached hydrogen (secondary N) is 1. The summed E-state index contributed by atoms with van der Waals surface area (Å²) < 4.78 is 0. The number of amides is 1. The Morgan fingerprint density at radius 1 is 1.32 bits per heavy atom. The van der Waals surface area contributed by atoms with Gasteiger partial charge in [-0.1, -0.05) is 23.7 Å². The van der Waals surface area contributed by atoms with Gasteiger partial charge in [0.25, 0.3) is 0 Å². The Bertz CT molecular complexity index is 468. The smallest absolute Gasteiger partial charge is 0.304 e. The molecule has 1 aromatic rings. The van der Waals surface area contributed by atoms with Crippen molar-refractivity contribution in [2.75, 3.05) is 0 Å². The van der Waals surface area contributed by atoms with Crippen LogP contribution in [0.25, 0.3) is 0 Å². The summed E-state index contributed by atoms with van der Waals surface area (Å²) in [5.41, 5.74) is 0.184. The lowest BCUT2D eigenvalue weighted by Gasteiger charge is -2.34. The summed E-state index contributed by atoms with van der Waals surface area (Å²) in [4.78, 5) is 22.3. The average Bonchev–Trinajstić information content (AvgIpc) is 2.25. The number of benzene rings is 1. The number of carboxylic acids is 1. The van der Waals surface area contributed by atoms with Crippen molar-refractivity contribution in [1.29, 1.82) is 0 Å². The fraction of sp³-hybridized carbons (Fsp3) is 0.429. The van der Waals surface area contributed by atoms with E-state index in [1.807, 2.05) is 13.8 Å². The SMILES string of the molecule is CC(=O)NC(C)(C)C(CC(=O)O)c1ccc(Cl)cc1. The molecule has 0 fully saturated rings. The average molecular weight is 284 g/mol. The number of carboxylic acid groups (broad SMARTS) is 1. The monoisotopic (exact) mass is 283 g/mol. The van der Waals surface area contributed by atoms with Crippen LogP contribution in [0.15, 0.2) is 24.3 Å². The van der Waals surface area contributed by atoms with Crippen LogP contribution in [0, 0.1) is 0 Å². The summed E-state index contributed by atoms with van der Waals surface area (Å²) in [5, 5.41) is 12.5. The fourth-order valence-electron chi connectivity index (χ4n) is 2.20. The number of halogens is 1. The van der Waals surface area contributed by atoms with Crippen molar-refractivity contribution in [1.82, 2.24) is 5.32 Å². The Balaban J connectivity index is 3.10. The van der Waals surface area contributed by atoms with Crippen LogP contribution in [-0.2, 0) is 9.59 Å². The lowest BCUT2D eigenvalue weighted by molar-refractivity contribution is -0.138. The molecule has 1 aromatic carbocycles. The summed E-state index contributed by atoms with van der Waals surface area (Å²) >= 11 is 5.83. The van der Waals surface area contributed by atoms with Crippen molar-refractivity contribution in [2.45, 2.75) is 38.6 Å². The minimum atomic E-state index is -0.904. The second-order valence-corrected chi connectivity index (χ2v) is 5.54. The van der Waals surface area contributed by atoms with Gasteiger partial charge in [0.1, 0.15) is 0 Å². The summed E-state index contributed by atoms with van der Waals surface area (Å²) in [6.07, 6.45) is -0.0606. The third kappa shape index (κ3) is 4.56. The van der Waals surface area contributed by atoms with E-state index >= 15 is 0 Å². The zero-order valence-electron chi connectivity index (χ0n) is 11.2. The molecule has 19 heavy (non-hydrogen) atoms. The summed E-state index contributed by atoms with van der Waals surface area (Å²) in [6, 6.07) is 7.02. The highest BCUT2D eigenvalue weighted by molar-refractivity contribution is 6.30. The quantitative estimate of drug-likeness (QED) is 0.873. The van der Waals surface area contributed by atoms with Gasteiger partial charge in [0.05, 0.1) is 6.42 Å². The number of rotatable bonds is 5. The van der Waals surface area contributed by atoms with Crippen LogP contribution in [0.4, 0.5) is 0 Å². The van der Waals surface area contributed by atoms with Gasteiger partial charge in [-0.25, -0.2) is 0 Å². The van der Waals surface area contributed by atoms with E-state index in [-0.39, 0.29) is 18.2 Å². The molecule has 0 aliphatic rings. The van der Waals surface area contributed by atoms with E-state index in [2.05, 4.69) is 5.32 Å². The molecule has 0 aliphatic carbocycles. The van der Waals surface area contributed by atoms with Gasteiger partial charge in [-0.05, 0) is 31.5 Å². The highest BCUT2D eigenvalue weighted by atomic mass is 35.5. The Kier molecular flexibility index (Phi) is 4.95. The van der Waals surface area contributed by atoms with Crippen LogP contribution in [-0.4, -0.2) is 22.5 Å². The van der Waals surface area contributed by atoms with E-state index in [1.54, 1.807) is 24.3 Å². The van der Waals surface area contributed by atoms with Crippen molar-refractivity contribution >= 4 is 23.5 Å². The van der Waals surface area contributed by atoms with Gasteiger partial charge in [0, 0.05) is 23.4 Å². The molecule has 0 spiro atoms. The molecule has 0 bridgehead atoms. The molecule has 0 aromatic heterocycles. The van der Waals surface area contributed by atoms with Crippen LogP contribution in [0.5, 0.6) is 0 Å². The molecular formula is C14H18ClNO3. The van der Waals surface area contributed by atoms with Crippen LogP contribution < -0.4 is 5.32 Å². The third-order valence-electron chi connectivity index (χ3n) is 3.02. The summed E-state index contributed by atoms with van der Waals surface area (Å²) in [5.74, 6) is -1.42. The second kappa shape index (κ2) is 6.06. The van der Waals surface area contributed by atoms with Crippen molar-refractivity contribution in [3.05, 3.63) is 34.9 Å². The van der Waals surface area contributed by atoms with E-state index in [0.717, 1.165) is 5.56 Å². The second-order valence-electron chi connectivity index (χ2n) is 5.10. The molecule has 1 atom stereocenters. The molecule has 5 heteroatoms. The molecule has 0 saturated carbocycles. The van der Waals surface area contributed by atoms with Crippen molar-refractivity contribution in [2.24, 2.45) is 0 Å². The normalized spacial score (nSPS) is 12.8. The lowest BCUT2D eigenvalue weighted by atomic mass is 9.79. The Morgan fingerprint density at radius 2 is 1.84 bits per heavy atom. The first-order chi connectivity index (χ1) is 8.72. The standard InChI is InChI=1S/C14H18ClNO3/c1-9(17)16-14(2,3)12(8-13(18)19)10-4-6-11(15)7-5-10/h4-7,12H,8H2,1-3H3,(H,16,17)(H,18,19). The first-order valence-corrected chi connectivity index (χ1v) is 6.36. The molecule has 4 nitrogen and oxygen atoms in total. The Hall–Kier alpha value is -1.55. The van der Waals surface area contributed by atoms with E-state index in [0.29, 0.717) is 5.02 Å². The Morgan fingerprint density at radius 3 is 2.26 bits per heavy atom. The minimum absolute atomic E-state index is 0.0606. The maximum Gasteiger partial charge on any atom is 0.304 e. The van der Waals surface area contributed by atoms with Gasteiger partial charge in [0.2, 0.25) is 5.91 Å².